The number of thiophene rings is 1. The second kappa shape index (κ2) is 6.22. The van der Waals surface area contributed by atoms with Crippen LogP contribution in [0.1, 0.15) is 16.0 Å². The van der Waals surface area contributed by atoms with Crippen LogP contribution >= 0.6 is 34.5 Å². The van der Waals surface area contributed by atoms with Gasteiger partial charge in [-0.25, -0.2) is 0 Å². The first-order chi connectivity index (χ1) is 10.1. The summed E-state index contributed by atoms with van der Waals surface area (Å²) in [7, 11) is 0. The van der Waals surface area contributed by atoms with Crippen molar-refractivity contribution in [2.45, 2.75) is 13.0 Å². The van der Waals surface area contributed by atoms with E-state index in [9.17, 15) is 4.79 Å². The molecule has 21 heavy (non-hydrogen) atoms. The lowest BCUT2D eigenvalue weighted by Crippen LogP contribution is -2.34. The van der Waals surface area contributed by atoms with Gasteiger partial charge in [0.05, 0.1) is 10.0 Å². The van der Waals surface area contributed by atoms with Gasteiger partial charge in [0, 0.05) is 24.0 Å². The Kier molecular flexibility index (Phi) is 4.34. The molecule has 3 rings (SSSR count). The van der Waals surface area contributed by atoms with Crippen molar-refractivity contribution in [3.05, 3.63) is 61.8 Å². The predicted octanol–water partition coefficient (Wildman–Crippen LogP) is 4.65. The van der Waals surface area contributed by atoms with Crippen molar-refractivity contribution in [1.82, 2.24) is 4.90 Å². The summed E-state index contributed by atoms with van der Waals surface area (Å²) in [5.41, 5.74) is 2.01. The number of hydrogen-bond donors (Lipinski definition) is 0. The lowest BCUT2D eigenvalue weighted by molar-refractivity contribution is -0.126. The van der Waals surface area contributed by atoms with E-state index in [2.05, 4.69) is 11.4 Å². The molecule has 0 unspecified atom stereocenters. The van der Waals surface area contributed by atoms with Crippen LogP contribution in [0.25, 0.3) is 6.08 Å². The number of carbonyl (C=O) groups excluding carboxylic acids is 1. The number of amides is 1. The smallest absolute Gasteiger partial charge is 0.246 e. The molecule has 1 aliphatic rings. The first-order valence-corrected chi connectivity index (χ1v) is 8.25. The van der Waals surface area contributed by atoms with E-state index in [-0.39, 0.29) is 5.91 Å². The molecule has 0 fully saturated rings. The maximum Gasteiger partial charge on any atom is 0.246 e. The summed E-state index contributed by atoms with van der Waals surface area (Å²) in [6.07, 6.45) is 4.22. The Morgan fingerprint density at radius 2 is 2.14 bits per heavy atom. The molecule has 2 aromatic rings. The molecule has 0 bridgehead atoms. The molecule has 0 spiro atoms. The number of halogens is 2. The molecule has 0 radical (unpaired) electrons. The summed E-state index contributed by atoms with van der Waals surface area (Å²) < 4.78 is 0. The minimum Gasteiger partial charge on any atom is -0.334 e. The highest BCUT2D eigenvalue weighted by molar-refractivity contribution is 7.10. The number of benzene rings is 1. The van der Waals surface area contributed by atoms with Crippen LogP contribution in [-0.2, 0) is 17.8 Å². The number of nitrogens with zero attached hydrogens (tertiary/aromatic N) is 1. The summed E-state index contributed by atoms with van der Waals surface area (Å²) in [4.78, 5) is 15.5. The number of hydrogen-bond acceptors (Lipinski definition) is 2. The Bertz CT molecular complexity index is 708. The van der Waals surface area contributed by atoms with Gasteiger partial charge in [0.15, 0.2) is 0 Å². The van der Waals surface area contributed by atoms with Crippen LogP contribution < -0.4 is 0 Å². The zero-order valence-corrected chi connectivity index (χ0v) is 13.5. The highest BCUT2D eigenvalue weighted by Gasteiger charge is 2.19. The van der Waals surface area contributed by atoms with Crippen molar-refractivity contribution in [3.63, 3.8) is 0 Å². The molecule has 1 aromatic carbocycles. The second-order valence-corrected chi connectivity index (χ2v) is 6.64. The summed E-state index contributed by atoms with van der Waals surface area (Å²) in [6, 6.07) is 7.48. The van der Waals surface area contributed by atoms with E-state index in [1.165, 1.54) is 10.4 Å². The molecule has 0 saturated heterocycles. The van der Waals surface area contributed by atoms with Gasteiger partial charge in [-0.15, -0.1) is 11.3 Å². The third-order valence-electron chi connectivity index (χ3n) is 3.51. The SMILES string of the molecule is O=C(/C=C/c1cccc(Cl)c1Cl)N1CCc2sccc2C1. The fraction of sp³-hybridized carbons (Fsp3) is 0.188. The van der Waals surface area contributed by atoms with Crippen LogP contribution in [0.2, 0.25) is 10.0 Å². The lowest BCUT2D eigenvalue weighted by Gasteiger charge is -2.25. The third kappa shape index (κ3) is 3.15. The summed E-state index contributed by atoms with van der Waals surface area (Å²) in [6.45, 7) is 1.45. The first kappa shape index (κ1) is 14.6. The third-order valence-corrected chi connectivity index (χ3v) is 5.36. The van der Waals surface area contributed by atoms with Gasteiger partial charge in [0.25, 0.3) is 0 Å². The molecule has 1 aliphatic heterocycles. The topological polar surface area (TPSA) is 20.3 Å². The standard InChI is InChI=1S/C16H13Cl2NOS/c17-13-3-1-2-11(16(13)18)4-5-15(20)19-8-6-14-12(10-19)7-9-21-14/h1-5,7,9H,6,8,10H2/b5-4+. The van der Waals surface area contributed by atoms with Crippen molar-refractivity contribution in [2.24, 2.45) is 0 Å². The summed E-state index contributed by atoms with van der Waals surface area (Å²) >= 11 is 13.8. The quantitative estimate of drug-likeness (QED) is 0.730. The van der Waals surface area contributed by atoms with E-state index in [0.29, 0.717) is 16.6 Å². The molecule has 0 atom stereocenters. The van der Waals surface area contributed by atoms with E-state index in [1.54, 1.807) is 29.6 Å². The van der Waals surface area contributed by atoms with Crippen LogP contribution in [0.5, 0.6) is 0 Å². The van der Waals surface area contributed by atoms with Gasteiger partial charge in [-0.05, 0) is 41.1 Å². The van der Waals surface area contributed by atoms with Crippen molar-refractivity contribution in [2.75, 3.05) is 6.54 Å². The molecule has 1 aromatic heterocycles. The van der Waals surface area contributed by atoms with Gasteiger partial charge in [-0.1, -0.05) is 35.3 Å². The van der Waals surface area contributed by atoms with E-state index in [4.69, 9.17) is 23.2 Å². The minimum atomic E-state index is 0.00268. The van der Waals surface area contributed by atoms with Gasteiger partial charge < -0.3 is 4.90 Å². The average molecular weight is 338 g/mol. The Hall–Kier alpha value is -1.29. The monoisotopic (exact) mass is 337 g/mol. The fourth-order valence-electron chi connectivity index (χ4n) is 2.35. The number of fused-ring (bicyclic) bond motifs is 1. The van der Waals surface area contributed by atoms with Crippen molar-refractivity contribution < 1.29 is 4.79 Å². The Morgan fingerprint density at radius 1 is 1.29 bits per heavy atom. The highest BCUT2D eigenvalue weighted by atomic mass is 35.5. The van der Waals surface area contributed by atoms with Gasteiger partial charge in [0.2, 0.25) is 5.91 Å². The fourth-order valence-corrected chi connectivity index (χ4v) is 3.61. The Morgan fingerprint density at radius 3 is 3.00 bits per heavy atom. The zero-order chi connectivity index (χ0) is 14.8. The Labute approximate surface area is 137 Å². The van der Waals surface area contributed by atoms with Crippen molar-refractivity contribution in [1.29, 1.82) is 0 Å². The first-order valence-electron chi connectivity index (χ1n) is 6.61. The van der Waals surface area contributed by atoms with Crippen LogP contribution in [0, 0.1) is 0 Å². The molecule has 2 nitrogen and oxygen atoms in total. The largest absolute Gasteiger partial charge is 0.334 e. The maximum absolute atomic E-state index is 12.3. The lowest BCUT2D eigenvalue weighted by atomic mass is 10.1. The Balaban J connectivity index is 1.72. The molecular weight excluding hydrogens is 325 g/mol. The minimum absolute atomic E-state index is 0.00268. The normalized spacial score (nSPS) is 14.5. The van der Waals surface area contributed by atoms with E-state index < -0.39 is 0 Å². The number of carbonyl (C=O) groups is 1. The summed E-state index contributed by atoms with van der Waals surface area (Å²) in [5.74, 6) is 0.00268. The molecule has 1 amide bonds. The second-order valence-electron chi connectivity index (χ2n) is 4.86. The van der Waals surface area contributed by atoms with Gasteiger partial charge in [-0.2, -0.15) is 0 Å². The van der Waals surface area contributed by atoms with Gasteiger partial charge in [0.1, 0.15) is 0 Å². The van der Waals surface area contributed by atoms with E-state index in [0.717, 1.165) is 18.5 Å². The zero-order valence-electron chi connectivity index (χ0n) is 11.2. The van der Waals surface area contributed by atoms with Crippen LogP contribution in [-0.4, -0.2) is 17.4 Å². The predicted molar refractivity (Wildman–Crippen MR) is 88.9 cm³/mol. The summed E-state index contributed by atoms with van der Waals surface area (Å²) in [5, 5.41) is 3.05. The molecule has 0 aliphatic carbocycles. The highest BCUT2D eigenvalue weighted by Crippen LogP contribution is 2.27. The van der Waals surface area contributed by atoms with Crippen LogP contribution in [0.15, 0.2) is 35.7 Å². The number of rotatable bonds is 2. The molecule has 0 saturated carbocycles. The van der Waals surface area contributed by atoms with E-state index in [1.807, 2.05) is 17.0 Å². The maximum atomic E-state index is 12.3. The molecule has 5 heteroatoms. The van der Waals surface area contributed by atoms with Crippen LogP contribution in [0.4, 0.5) is 0 Å². The van der Waals surface area contributed by atoms with E-state index >= 15 is 0 Å². The molecular formula is C16H13Cl2NOS. The average Bonchev–Trinajstić information content (AvgIpc) is 2.96. The van der Waals surface area contributed by atoms with Crippen molar-refractivity contribution >= 4 is 46.5 Å². The van der Waals surface area contributed by atoms with Gasteiger partial charge in [-0.3, -0.25) is 4.79 Å². The van der Waals surface area contributed by atoms with Crippen LogP contribution in [0.3, 0.4) is 0 Å². The van der Waals surface area contributed by atoms with Crippen molar-refractivity contribution in [3.8, 4) is 0 Å². The molecule has 0 N–H and O–H groups in total. The molecule has 2 heterocycles. The van der Waals surface area contributed by atoms with Gasteiger partial charge >= 0.3 is 0 Å². The molecule has 108 valence electrons.